The van der Waals surface area contributed by atoms with Crippen molar-refractivity contribution in [1.82, 2.24) is 0 Å². The first-order valence-corrected chi connectivity index (χ1v) is 7.98. The van der Waals surface area contributed by atoms with Gasteiger partial charge in [0, 0.05) is 17.8 Å². The Morgan fingerprint density at radius 3 is 2.33 bits per heavy atom. The van der Waals surface area contributed by atoms with Crippen LogP contribution in [0.15, 0.2) is 29.2 Å². The smallest absolute Gasteiger partial charge is 0.178 e. The van der Waals surface area contributed by atoms with Gasteiger partial charge in [-0.25, -0.2) is 8.42 Å². The molecular formula is C13H20N2O2S. The largest absolute Gasteiger partial charge is 0.378 e. The zero-order valence-corrected chi connectivity index (χ0v) is 11.5. The molecule has 0 spiro atoms. The summed E-state index contributed by atoms with van der Waals surface area (Å²) in [6, 6.07) is 6.97. The van der Waals surface area contributed by atoms with E-state index in [0.717, 1.165) is 18.5 Å². The van der Waals surface area contributed by atoms with Gasteiger partial charge < -0.3 is 11.1 Å². The quantitative estimate of drug-likeness (QED) is 0.825. The molecule has 0 amide bonds. The lowest BCUT2D eigenvalue weighted by molar-refractivity contribution is 0.594. The summed E-state index contributed by atoms with van der Waals surface area (Å²) in [5, 5.41) is 3.37. The lowest BCUT2D eigenvalue weighted by atomic mass is 10.2. The average Bonchev–Trinajstić information content (AvgIpc) is 3.10. The molecular weight excluding hydrogens is 248 g/mol. The molecule has 2 rings (SSSR count). The van der Waals surface area contributed by atoms with E-state index in [1.807, 2.05) is 19.1 Å². The van der Waals surface area contributed by atoms with E-state index in [-0.39, 0.29) is 11.3 Å². The standard InChI is InChI=1S/C13H20N2O2S/c1-2-9-18(16,17)12-5-3-11(4-6-12)15-13(10-14)7-8-13/h3-6,15H,2,7-10,14H2,1H3. The topological polar surface area (TPSA) is 72.2 Å². The Morgan fingerprint density at radius 1 is 1.28 bits per heavy atom. The Morgan fingerprint density at radius 2 is 1.89 bits per heavy atom. The van der Waals surface area contributed by atoms with Crippen LogP contribution in [0.1, 0.15) is 26.2 Å². The van der Waals surface area contributed by atoms with Gasteiger partial charge in [-0.05, 0) is 43.5 Å². The fraction of sp³-hybridized carbons (Fsp3) is 0.538. The van der Waals surface area contributed by atoms with Crippen LogP contribution >= 0.6 is 0 Å². The minimum Gasteiger partial charge on any atom is -0.378 e. The van der Waals surface area contributed by atoms with Gasteiger partial charge in [0.25, 0.3) is 0 Å². The molecule has 0 bridgehead atoms. The van der Waals surface area contributed by atoms with E-state index in [0.29, 0.717) is 17.9 Å². The molecule has 0 radical (unpaired) electrons. The number of rotatable bonds is 6. The van der Waals surface area contributed by atoms with Crippen LogP contribution in [0.4, 0.5) is 5.69 Å². The molecule has 3 N–H and O–H groups in total. The summed E-state index contributed by atoms with van der Waals surface area (Å²) in [4.78, 5) is 0.396. The van der Waals surface area contributed by atoms with Crippen molar-refractivity contribution < 1.29 is 8.42 Å². The maximum atomic E-state index is 11.9. The van der Waals surface area contributed by atoms with E-state index in [1.165, 1.54) is 0 Å². The minimum absolute atomic E-state index is 0.0454. The first-order valence-electron chi connectivity index (χ1n) is 6.32. The SMILES string of the molecule is CCCS(=O)(=O)c1ccc(NC2(CN)CC2)cc1. The third-order valence-electron chi connectivity index (χ3n) is 3.34. The van der Waals surface area contributed by atoms with E-state index in [2.05, 4.69) is 5.32 Å². The molecule has 1 aromatic carbocycles. The summed E-state index contributed by atoms with van der Waals surface area (Å²) < 4.78 is 23.7. The second-order valence-electron chi connectivity index (χ2n) is 4.95. The van der Waals surface area contributed by atoms with Crippen LogP contribution in [-0.4, -0.2) is 26.3 Å². The minimum atomic E-state index is -3.11. The lowest BCUT2D eigenvalue weighted by Gasteiger charge is -2.16. The normalized spacial score (nSPS) is 17.4. The molecule has 1 fully saturated rings. The van der Waals surface area contributed by atoms with E-state index >= 15 is 0 Å². The monoisotopic (exact) mass is 268 g/mol. The zero-order chi connectivity index (χ0) is 13.2. The second-order valence-corrected chi connectivity index (χ2v) is 7.06. The number of hydrogen-bond acceptors (Lipinski definition) is 4. The van der Waals surface area contributed by atoms with Crippen LogP contribution < -0.4 is 11.1 Å². The first kappa shape index (κ1) is 13.4. The summed E-state index contributed by atoms with van der Waals surface area (Å²) in [5.74, 6) is 0.201. The first-order chi connectivity index (χ1) is 8.51. The third-order valence-corrected chi connectivity index (χ3v) is 5.28. The highest BCUT2D eigenvalue weighted by atomic mass is 32.2. The fourth-order valence-electron chi connectivity index (χ4n) is 1.97. The molecule has 1 aliphatic rings. The Bertz CT molecular complexity index is 504. The second kappa shape index (κ2) is 4.90. The van der Waals surface area contributed by atoms with Crippen LogP contribution in [0.5, 0.6) is 0 Å². The van der Waals surface area contributed by atoms with Crippen LogP contribution in [-0.2, 0) is 9.84 Å². The summed E-state index contributed by atoms with van der Waals surface area (Å²) in [7, 11) is -3.11. The lowest BCUT2D eigenvalue weighted by Crippen LogP contribution is -2.30. The molecule has 0 atom stereocenters. The molecule has 1 aliphatic carbocycles. The fourth-order valence-corrected chi connectivity index (χ4v) is 3.29. The number of hydrogen-bond donors (Lipinski definition) is 2. The van der Waals surface area contributed by atoms with Gasteiger partial charge in [-0.1, -0.05) is 6.92 Å². The molecule has 0 saturated heterocycles. The highest BCUT2D eigenvalue weighted by molar-refractivity contribution is 7.91. The summed E-state index contributed by atoms with van der Waals surface area (Å²) in [6.07, 6.45) is 2.80. The Balaban J connectivity index is 2.11. The van der Waals surface area contributed by atoms with Crippen molar-refractivity contribution in [2.45, 2.75) is 36.6 Å². The van der Waals surface area contributed by atoms with Crippen molar-refractivity contribution in [3.05, 3.63) is 24.3 Å². The summed E-state index contributed by atoms with van der Waals surface area (Å²) in [5.41, 5.74) is 6.68. The molecule has 0 heterocycles. The van der Waals surface area contributed by atoms with E-state index in [9.17, 15) is 8.42 Å². The van der Waals surface area contributed by atoms with Gasteiger partial charge in [-0.3, -0.25) is 0 Å². The molecule has 18 heavy (non-hydrogen) atoms. The van der Waals surface area contributed by atoms with E-state index in [4.69, 9.17) is 5.73 Å². The number of benzene rings is 1. The van der Waals surface area contributed by atoms with Crippen LogP contribution in [0.3, 0.4) is 0 Å². The van der Waals surface area contributed by atoms with Crippen LogP contribution in [0, 0.1) is 0 Å². The van der Waals surface area contributed by atoms with Crippen molar-refractivity contribution in [2.75, 3.05) is 17.6 Å². The molecule has 0 unspecified atom stereocenters. The van der Waals surface area contributed by atoms with Crippen LogP contribution in [0.25, 0.3) is 0 Å². The maximum Gasteiger partial charge on any atom is 0.178 e. The van der Waals surface area contributed by atoms with E-state index in [1.54, 1.807) is 12.1 Å². The Hall–Kier alpha value is -1.07. The van der Waals surface area contributed by atoms with Crippen LogP contribution in [0.2, 0.25) is 0 Å². The average molecular weight is 268 g/mol. The van der Waals surface area contributed by atoms with Gasteiger partial charge in [0.15, 0.2) is 9.84 Å². The van der Waals surface area contributed by atoms with Crippen molar-refractivity contribution in [1.29, 1.82) is 0 Å². The number of nitrogens with one attached hydrogen (secondary N) is 1. The molecule has 4 nitrogen and oxygen atoms in total. The van der Waals surface area contributed by atoms with Gasteiger partial charge in [0.2, 0.25) is 0 Å². The van der Waals surface area contributed by atoms with Crippen molar-refractivity contribution in [3.63, 3.8) is 0 Å². The maximum absolute atomic E-state index is 11.9. The third kappa shape index (κ3) is 2.84. The summed E-state index contributed by atoms with van der Waals surface area (Å²) >= 11 is 0. The summed E-state index contributed by atoms with van der Waals surface area (Å²) in [6.45, 7) is 2.48. The van der Waals surface area contributed by atoms with Gasteiger partial charge in [-0.2, -0.15) is 0 Å². The predicted molar refractivity (Wildman–Crippen MR) is 73.4 cm³/mol. The Kier molecular flexibility index (Phi) is 3.64. The number of anilines is 1. The zero-order valence-electron chi connectivity index (χ0n) is 10.6. The molecule has 1 saturated carbocycles. The number of nitrogens with two attached hydrogens (primary N) is 1. The van der Waals surface area contributed by atoms with Crippen molar-refractivity contribution >= 4 is 15.5 Å². The van der Waals surface area contributed by atoms with E-state index < -0.39 is 9.84 Å². The highest BCUT2D eigenvalue weighted by Crippen LogP contribution is 2.37. The van der Waals surface area contributed by atoms with Crippen molar-refractivity contribution in [3.8, 4) is 0 Å². The van der Waals surface area contributed by atoms with Crippen molar-refractivity contribution in [2.24, 2.45) is 5.73 Å². The Labute approximate surface area is 108 Å². The van der Waals surface area contributed by atoms with Gasteiger partial charge >= 0.3 is 0 Å². The van der Waals surface area contributed by atoms with Gasteiger partial charge in [0.05, 0.1) is 10.6 Å². The number of sulfone groups is 1. The van der Waals surface area contributed by atoms with Gasteiger partial charge in [-0.15, -0.1) is 0 Å². The highest BCUT2D eigenvalue weighted by Gasteiger charge is 2.41. The molecule has 0 aromatic heterocycles. The molecule has 100 valence electrons. The molecule has 5 heteroatoms. The predicted octanol–water partition coefficient (Wildman–Crippen LogP) is 1.77. The van der Waals surface area contributed by atoms with Gasteiger partial charge in [0.1, 0.15) is 0 Å². The molecule has 0 aliphatic heterocycles. The molecule has 1 aromatic rings.